The molecule has 2 aliphatic heterocycles. The minimum absolute atomic E-state index is 0.260. The summed E-state index contributed by atoms with van der Waals surface area (Å²) in [5.41, 5.74) is 6.64. The number of hydrogen-bond donors (Lipinski definition) is 0. The zero-order valence-electron chi connectivity index (χ0n) is 10.8. The van der Waals surface area contributed by atoms with E-state index in [0.717, 1.165) is 23.4 Å². The SMILES string of the molecule is CC1=N[N]C2=C1CN(C(=O)OC(C)(C)C)CC2. The summed E-state index contributed by atoms with van der Waals surface area (Å²) in [6, 6.07) is 0. The van der Waals surface area contributed by atoms with Gasteiger partial charge in [-0.2, -0.15) is 10.5 Å². The second kappa shape index (κ2) is 4.05. The highest BCUT2D eigenvalue weighted by Gasteiger charge is 2.30. The number of nitrogens with zero attached hydrogens (tertiary/aromatic N) is 3. The Morgan fingerprint density at radius 3 is 2.76 bits per heavy atom. The Labute approximate surface area is 102 Å². The van der Waals surface area contributed by atoms with E-state index in [1.165, 1.54) is 0 Å². The van der Waals surface area contributed by atoms with Crippen molar-refractivity contribution in [3.05, 3.63) is 11.3 Å². The summed E-state index contributed by atoms with van der Waals surface area (Å²) < 4.78 is 5.35. The number of amides is 1. The molecule has 0 unspecified atom stereocenters. The molecule has 0 fully saturated rings. The van der Waals surface area contributed by atoms with Gasteiger partial charge in [0.15, 0.2) is 0 Å². The second-order valence-corrected chi connectivity index (χ2v) is 5.36. The van der Waals surface area contributed by atoms with Gasteiger partial charge in [-0.15, -0.1) is 0 Å². The fraction of sp³-hybridized carbons (Fsp3) is 0.667. The first-order valence-electron chi connectivity index (χ1n) is 5.82. The van der Waals surface area contributed by atoms with Gasteiger partial charge in [0, 0.05) is 18.5 Å². The fourth-order valence-corrected chi connectivity index (χ4v) is 1.86. The van der Waals surface area contributed by atoms with Crippen molar-refractivity contribution in [2.45, 2.75) is 39.7 Å². The van der Waals surface area contributed by atoms with E-state index in [-0.39, 0.29) is 6.09 Å². The summed E-state index contributed by atoms with van der Waals surface area (Å²) in [7, 11) is 0. The van der Waals surface area contributed by atoms with Gasteiger partial charge in [-0.1, -0.05) is 0 Å². The maximum absolute atomic E-state index is 11.9. The molecule has 5 nitrogen and oxygen atoms in total. The van der Waals surface area contributed by atoms with E-state index in [2.05, 4.69) is 10.5 Å². The van der Waals surface area contributed by atoms with Gasteiger partial charge >= 0.3 is 6.09 Å². The second-order valence-electron chi connectivity index (χ2n) is 5.36. The van der Waals surface area contributed by atoms with Gasteiger partial charge in [0.05, 0.1) is 18.0 Å². The average molecular weight is 236 g/mol. The van der Waals surface area contributed by atoms with Crippen molar-refractivity contribution in [2.75, 3.05) is 13.1 Å². The van der Waals surface area contributed by atoms with E-state index in [0.29, 0.717) is 13.1 Å². The molecule has 2 aliphatic rings. The first-order chi connectivity index (χ1) is 7.87. The number of carbonyl (C=O) groups excluding carboxylic acids is 1. The van der Waals surface area contributed by atoms with Gasteiger partial charge in [0.25, 0.3) is 0 Å². The summed E-state index contributed by atoms with van der Waals surface area (Å²) in [6.45, 7) is 8.75. The summed E-state index contributed by atoms with van der Waals surface area (Å²) in [4.78, 5) is 13.6. The molecule has 0 saturated carbocycles. The van der Waals surface area contributed by atoms with Gasteiger partial charge < -0.3 is 9.64 Å². The van der Waals surface area contributed by atoms with Gasteiger partial charge in [-0.3, -0.25) is 0 Å². The molecule has 17 heavy (non-hydrogen) atoms. The van der Waals surface area contributed by atoms with Gasteiger partial charge in [0.1, 0.15) is 5.60 Å². The highest BCUT2D eigenvalue weighted by molar-refractivity contribution is 6.01. The third-order valence-corrected chi connectivity index (χ3v) is 2.72. The van der Waals surface area contributed by atoms with Crippen molar-refractivity contribution in [2.24, 2.45) is 5.10 Å². The average Bonchev–Trinajstić information content (AvgIpc) is 2.57. The molecule has 0 atom stereocenters. The molecule has 0 aromatic carbocycles. The minimum Gasteiger partial charge on any atom is -0.444 e. The van der Waals surface area contributed by atoms with E-state index in [9.17, 15) is 4.79 Å². The molecule has 0 aromatic heterocycles. The Morgan fingerprint density at radius 2 is 2.12 bits per heavy atom. The van der Waals surface area contributed by atoms with Crippen LogP contribution in [0, 0.1) is 0 Å². The summed E-state index contributed by atoms with van der Waals surface area (Å²) in [6.07, 6.45) is 0.499. The first-order valence-corrected chi connectivity index (χ1v) is 5.82. The normalized spacial score (nSPS) is 19.8. The third-order valence-electron chi connectivity index (χ3n) is 2.72. The number of rotatable bonds is 0. The Balaban J connectivity index is 2.02. The monoisotopic (exact) mass is 236 g/mol. The van der Waals surface area contributed by atoms with Crippen LogP contribution in [0.4, 0.5) is 4.79 Å². The number of hydrogen-bond acceptors (Lipinski definition) is 3. The molecule has 2 heterocycles. The van der Waals surface area contributed by atoms with Crippen molar-refractivity contribution >= 4 is 11.8 Å². The van der Waals surface area contributed by atoms with E-state index in [1.54, 1.807) is 4.90 Å². The van der Waals surface area contributed by atoms with Crippen LogP contribution in [0.2, 0.25) is 0 Å². The molecular weight excluding hydrogens is 218 g/mol. The molecule has 93 valence electrons. The molecule has 5 heteroatoms. The van der Waals surface area contributed by atoms with Crippen LogP contribution in [-0.2, 0) is 4.74 Å². The maximum Gasteiger partial charge on any atom is 0.410 e. The predicted molar refractivity (Wildman–Crippen MR) is 64.7 cm³/mol. The van der Waals surface area contributed by atoms with Crippen LogP contribution in [0.3, 0.4) is 0 Å². The van der Waals surface area contributed by atoms with E-state index < -0.39 is 5.60 Å². The van der Waals surface area contributed by atoms with Crippen LogP contribution in [-0.4, -0.2) is 35.4 Å². The Kier molecular flexibility index (Phi) is 2.85. The van der Waals surface area contributed by atoms with Crippen LogP contribution < -0.4 is 5.43 Å². The Morgan fingerprint density at radius 1 is 1.41 bits per heavy atom. The molecular formula is C12H18N3O2. The van der Waals surface area contributed by atoms with E-state index in [1.807, 2.05) is 27.7 Å². The zero-order chi connectivity index (χ0) is 12.6. The van der Waals surface area contributed by atoms with Crippen LogP contribution in [0.1, 0.15) is 34.1 Å². The fourth-order valence-electron chi connectivity index (χ4n) is 1.86. The van der Waals surface area contributed by atoms with Crippen LogP contribution in [0.25, 0.3) is 0 Å². The third kappa shape index (κ3) is 2.60. The lowest BCUT2D eigenvalue weighted by Gasteiger charge is -2.30. The van der Waals surface area contributed by atoms with Crippen molar-refractivity contribution in [1.82, 2.24) is 10.3 Å². The highest BCUT2D eigenvalue weighted by atomic mass is 16.6. The largest absolute Gasteiger partial charge is 0.444 e. The molecule has 0 saturated heterocycles. The van der Waals surface area contributed by atoms with Gasteiger partial charge in [-0.05, 0) is 27.7 Å². The van der Waals surface area contributed by atoms with Crippen LogP contribution >= 0.6 is 0 Å². The molecule has 1 radical (unpaired) electrons. The molecule has 0 aromatic rings. The predicted octanol–water partition coefficient (Wildman–Crippen LogP) is 1.88. The highest BCUT2D eigenvalue weighted by Crippen LogP contribution is 2.23. The number of ether oxygens (including phenoxy) is 1. The minimum atomic E-state index is -0.449. The zero-order valence-corrected chi connectivity index (χ0v) is 10.8. The summed E-state index contributed by atoms with van der Waals surface area (Å²) in [5.74, 6) is 0. The topological polar surface area (TPSA) is 56.0 Å². The van der Waals surface area contributed by atoms with Crippen LogP contribution in [0.15, 0.2) is 16.4 Å². The van der Waals surface area contributed by atoms with Gasteiger partial charge in [0.2, 0.25) is 0 Å². The molecule has 1 amide bonds. The molecule has 0 bridgehead atoms. The van der Waals surface area contributed by atoms with Crippen LogP contribution in [0.5, 0.6) is 0 Å². The molecule has 0 spiro atoms. The first kappa shape index (κ1) is 12.0. The summed E-state index contributed by atoms with van der Waals surface area (Å²) in [5, 5.41) is 4.04. The van der Waals surface area contributed by atoms with Crippen molar-refractivity contribution in [3.63, 3.8) is 0 Å². The maximum atomic E-state index is 11.9. The molecule has 0 N–H and O–H groups in total. The lowest BCUT2D eigenvalue weighted by Crippen LogP contribution is -2.41. The van der Waals surface area contributed by atoms with E-state index in [4.69, 9.17) is 4.74 Å². The smallest absolute Gasteiger partial charge is 0.410 e. The van der Waals surface area contributed by atoms with Crippen molar-refractivity contribution < 1.29 is 9.53 Å². The standard InChI is InChI=1S/C12H18N3O2/c1-8-9-7-15(6-5-10(9)14-13-8)11(16)17-12(2,3)4/h5-7H2,1-4H3. The lowest BCUT2D eigenvalue weighted by molar-refractivity contribution is 0.0262. The van der Waals surface area contributed by atoms with E-state index >= 15 is 0 Å². The summed E-state index contributed by atoms with van der Waals surface area (Å²) >= 11 is 0. The quantitative estimate of drug-likeness (QED) is 0.644. The molecule has 0 aliphatic carbocycles. The Bertz CT molecular complexity index is 404. The van der Waals surface area contributed by atoms with Gasteiger partial charge in [-0.25, -0.2) is 4.79 Å². The van der Waals surface area contributed by atoms with Crippen molar-refractivity contribution in [3.8, 4) is 0 Å². The van der Waals surface area contributed by atoms with Crippen molar-refractivity contribution in [1.29, 1.82) is 0 Å². The Hall–Kier alpha value is -1.52. The number of carbonyl (C=O) groups is 1. The molecule has 2 rings (SSSR count). The lowest BCUT2D eigenvalue weighted by atomic mass is 10.0.